The Morgan fingerprint density at radius 1 is 1.35 bits per heavy atom. The number of thioether (sulfide) groups is 1. The van der Waals surface area contributed by atoms with Gasteiger partial charge in [0.25, 0.3) is 0 Å². The third-order valence-corrected chi connectivity index (χ3v) is 6.52. The van der Waals surface area contributed by atoms with E-state index in [1.807, 2.05) is 19.9 Å². The van der Waals surface area contributed by atoms with Crippen molar-refractivity contribution in [3.63, 3.8) is 0 Å². The molecule has 0 saturated heterocycles. The summed E-state index contributed by atoms with van der Waals surface area (Å²) in [5.41, 5.74) is 1.38. The number of carbonyl (C=O) groups excluding carboxylic acids is 1. The van der Waals surface area contributed by atoms with Crippen LogP contribution in [0.5, 0.6) is 0 Å². The van der Waals surface area contributed by atoms with Crippen molar-refractivity contribution in [3.8, 4) is 0 Å². The molecule has 0 spiro atoms. The van der Waals surface area contributed by atoms with Crippen LogP contribution in [0.1, 0.15) is 25.8 Å². The Hall–Kier alpha value is -1.65. The van der Waals surface area contributed by atoms with E-state index in [9.17, 15) is 13.2 Å². The van der Waals surface area contributed by atoms with Gasteiger partial charge in [-0.05, 0) is 36.8 Å². The number of aromatic nitrogens is 2. The molecule has 1 aromatic carbocycles. The number of anilines is 2. The minimum atomic E-state index is -3.65. The van der Waals surface area contributed by atoms with Crippen molar-refractivity contribution in [2.45, 2.75) is 37.6 Å². The molecule has 7 nitrogen and oxygen atoms in total. The molecule has 0 aliphatic rings. The fraction of sp³-hybridized carbons (Fsp3) is 0.438. The summed E-state index contributed by atoms with van der Waals surface area (Å²) in [6.07, 6.45) is 1.43. The quantitative estimate of drug-likeness (QED) is 0.527. The highest BCUT2D eigenvalue weighted by atomic mass is 32.2. The molecule has 142 valence electrons. The summed E-state index contributed by atoms with van der Waals surface area (Å²) in [4.78, 5) is 12.8. The number of aryl methyl sites for hydroxylation is 1. The first kappa shape index (κ1) is 20.7. The second kappa shape index (κ2) is 8.83. The summed E-state index contributed by atoms with van der Waals surface area (Å²) < 4.78 is 26.7. The van der Waals surface area contributed by atoms with Crippen LogP contribution in [-0.2, 0) is 14.8 Å². The van der Waals surface area contributed by atoms with E-state index in [2.05, 4.69) is 15.5 Å². The number of amides is 1. The molecule has 0 bridgehead atoms. The molecule has 1 N–H and O–H groups in total. The van der Waals surface area contributed by atoms with E-state index in [0.717, 1.165) is 26.2 Å². The van der Waals surface area contributed by atoms with Crippen LogP contribution < -0.4 is 9.62 Å². The topological polar surface area (TPSA) is 92.3 Å². The van der Waals surface area contributed by atoms with Crippen molar-refractivity contribution >= 4 is 49.8 Å². The summed E-state index contributed by atoms with van der Waals surface area (Å²) in [5, 5.41) is 11.0. The molecule has 26 heavy (non-hydrogen) atoms. The Kier molecular flexibility index (Phi) is 7.01. The maximum Gasteiger partial charge on any atom is 0.250 e. The van der Waals surface area contributed by atoms with Gasteiger partial charge < -0.3 is 0 Å². The smallest absolute Gasteiger partial charge is 0.250 e. The lowest BCUT2D eigenvalue weighted by Crippen LogP contribution is -2.47. The highest BCUT2D eigenvalue weighted by molar-refractivity contribution is 8.01. The van der Waals surface area contributed by atoms with Crippen LogP contribution in [0.2, 0.25) is 0 Å². The van der Waals surface area contributed by atoms with Gasteiger partial charge in [-0.2, -0.15) is 0 Å². The molecule has 2 rings (SSSR count). The number of benzene rings is 1. The molecular weight excluding hydrogens is 392 g/mol. The van der Waals surface area contributed by atoms with Gasteiger partial charge in [-0.25, -0.2) is 8.42 Å². The summed E-state index contributed by atoms with van der Waals surface area (Å²) in [6.45, 7) is 5.65. The van der Waals surface area contributed by atoms with Crippen LogP contribution in [-0.4, -0.2) is 42.6 Å². The van der Waals surface area contributed by atoms with Gasteiger partial charge in [0.2, 0.25) is 21.1 Å². The van der Waals surface area contributed by atoms with E-state index in [1.54, 1.807) is 25.1 Å². The number of nitrogens with zero attached hydrogens (tertiary/aromatic N) is 3. The molecule has 0 saturated carbocycles. The first-order valence-electron chi connectivity index (χ1n) is 8.09. The zero-order valence-electron chi connectivity index (χ0n) is 15.1. The van der Waals surface area contributed by atoms with Gasteiger partial charge in [-0.15, -0.1) is 10.2 Å². The van der Waals surface area contributed by atoms with Gasteiger partial charge >= 0.3 is 0 Å². The predicted molar refractivity (Wildman–Crippen MR) is 108 cm³/mol. The van der Waals surface area contributed by atoms with Gasteiger partial charge in [0.1, 0.15) is 6.04 Å². The monoisotopic (exact) mass is 414 g/mol. The average molecular weight is 415 g/mol. The molecule has 1 amide bonds. The Bertz CT molecular complexity index is 867. The van der Waals surface area contributed by atoms with E-state index in [4.69, 9.17) is 0 Å². The number of hydrogen-bond donors (Lipinski definition) is 1. The van der Waals surface area contributed by atoms with Crippen LogP contribution in [0.25, 0.3) is 0 Å². The average Bonchev–Trinajstić information content (AvgIpc) is 2.98. The van der Waals surface area contributed by atoms with Gasteiger partial charge in [0.15, 0.2) is 4.34 Å². The Labute approximate surface area is 162 Å². The zero-order chi connectivity index (χ0) is 19.3. The Morgan fingerprint density at radius 2 is 2.08 bits per heavy atom. The van der Waals surface area contributed by atoms with E-state index >= 15 is 0 Å². The molecule has 1 unspecified atom stereocenters. The SMILES string of the molecule is CCSc1nnc(NC(=O)C(CC)N(c2cccc(C)c2)S(C)(=O)=O)s1. The second-order valence-corrected chi connectivity index (χ2v) is 9.97. The standard InChI is InChI=1S/C16H22N4O3S3/c1-5-13(14(21)17-15-18-19-16(25-15)24-6-2)20(26(4,22)23)12-9-7-8-11(3)10-12/h7-10,13H,5-6H2,1-4H3,(H,17,18,21). The maximum atomic E-state index is 12.8. The zero-order valence-corrected chi connectivity index (χ0v) is 17.5. The molecule has 1 atom stereocenters. The predicted octanol–water partition coefficient (Wildman–Crippen LogP) is 3.14. The van der Waals surface area contributed by atoms with E-state index in [-0.39, 0.29) is 0 Å². The van der Waals surface area contributed by atoms with Crippen LogP contribution >= 0.6 is 23.1 Å². The van der Waals surface area contributed by atoms with Crippen molar-refractivity contribution < 1.29 is 13.2 Å². The van der Waals surface area contributed by atoms with Crippen molar-refractivity contribution in [2.75, 3.05) is 21.6 Å². The fourth-order valence-electron chi connectivity index (χ4n) is 2.46. The maximum absolute atomic E-state index is 12.8. The lowest BCUT2D eigenvalue weighted by Gasteiger charge is -2.30. The largest absolute Gasteiger partial charge is 0.299 e. The third kappa shape index (κ3) is 5.18. The third-order valence-electron chi connectivity index (χ3n) is 3.49. The number of rotatable bonds is 8. The summed E-state index contributed by atoms with van der Waals surface area (Å²) in [7, 11) is -3.65. The lowest BCUT2D eigenvalue weighted by atomic mass is 10.1. The van der Waals surface area contributed by atoms with E-state index in [1.165, 1.54) is 23.1 Å². The van der Waals surface area contributed by atoms with Crippen molar-refractivity contribution in [1.29, 1.82) is 0 Å². The van der Waals surface area contributed by atoms with Crippen LogP contribution in [0.4, 0.5) is 10.8 Å². The van der Waals surface area contributed by atoms with Crippen molar-refractivity contribution in [2.24, 2.45) is 0 Å². The highest BCUT2D eigenvalue weighted by Crippen LogP contribution is 2.27. The van der Waals surface area contributed by atoms with Gasteiger partial charge in [0, 0.05) is 0 Å². The van der Waals surface area contributed by atoms with Gasteiger partial charge in [-0.1, -0.05) is 49.1 Å². The van der Waals surface area contributed by atoms with Gasteiger partial charge in [0.05, 0.1) is 11.9 Å². The van der Waals surface area contributed by atoms with E-state index in [0.29, 0.717) is 17.2 Å². The molecular formula is C16H22N4O3S3. The van der Waals surface area contributed by atoms with Crippen molar-refractivity contribution in [3.05, 3.63) is 29.8 Å². The fourth-order valence-corrected chi connectivity index (χ4v) is 5.31. The number of hydrogen-bond acceptors (Lipinski definition) is 7. The lowest BCUT2D eigenvalue weighted by molar-refractivity contribution is -0.117. The normalized spacial score (nSPS) is 12.6. The number of nitrogens with one attached hydrogen (secondary N) is 1. The summed E-state index contributed by atoms with van der Waals surface area (Å²) >= 11 is 2.81. The molecule has 1 aromatic heterocycles. The molecule has 10 heteroatoms. The Morgan fingerprint density at radius 3 is 2.65 bits per heavy atom. The molecule has 0 aliphatic heterocycles. The van der Waals surface area contributed by atoms with Crippen LogP contribution in [0.15, 0.2) is 28.6 Å². The van der Waals surface area contributed by atoms with Crippen molar-refractivity contribution in [1.82, 2.24) is 10.2 Å². The van der Waals surface area contributed by atoms with Crippen LogP contribution in [0, 0.1) is 6.92 Å². The first-order chi connectivity index (χ1) is 12.3. The summed E-state index contributed by atoms with van der Waals surface area (Å²) in [5.74, 6) is 0.429. The molecule has 2 aromatic rings. The minimum Gasteiger partial charge on any atom is -0.299 e. The van der Waals surface area contributed by atoms with Crippen LogP contribution in [0.3, 0.4) is 0 Å². The number of sulfonamides is 1. The van der Waals surface area contributed by atoms with E-state index < -0.39 is 22.0 Å². The molecule has 0 radical (unpaired) electrons. The highest BCUT2D eigenvalue weighted by Gasteiger charge is 2.32. The second-order valence-electron chi connectivity index (χ2n) is 5.62. The number of carbonyl (C=O) groups is 1. The molecule has 1 heterocycles. The first-order valence-corrected chi connectivity index (χ1v) is 11.7. The molecule has 0 fully saturated rings. The summed E-state index contributed by atoms with van der Waals surface area (Å²) in [6, 6.07) is 6.20. The van der Waals surface area contributed by atoms with Gasteiger partial charge in [-0.3, -0.25) is 14.4 Å². The minimum absolute atomic E-state index is 0.322. The molecule has 0 aliphatic carbocycles. The Balaban J connectivity index is 2.30.